The van der Waals surface area contributed by atoms with Gasteiger partial charge in [-0.25, -0.2) is 9.97 Å². The van der Waals surface area contributed by atoms with E-state index in [0.717, 1.165) is 50.7 Å². The molecular weight excluding hydrogens is 338 g/mol. The van der Waals surface area contributed by atoms with Crippen LogP contribution in [0.4, 0.5) is 5.13 Å². The van der Waals surface area contributed by atoms with Crippen LogP contribution < -0.4 is 5.32 Å². The number of rotatable bonds is 5. The van der Waals surface area contributed by atoms with Crippen molar-refractivity contribution in [2.75, 3.05) is 18.5 Å². The Morgan fingerprint density at radius 1 is 1.36 bits per heavy atom. The minimum absolute atomic E-state index is 0.299. The average molecular weight is 351 g/mol. The Hall–Kier alpha value is -1.29. The summed E-state index contributed by atoms with van der Waals surface area (Å²) in [5.74, 6) is 0. The minimum Gasteiger partial charge on any atom is -0.376 e. The number of nitrogens with zero attached hydrogens (tertiary/aromatic N) is 4. The Labute approximate surface area is 139 Å². The predicted molar refractivity (Wildman–Crippen MR) is 88.9 cm³/mol. The van der Waals surface area contributed by atoms with Gasteiger partial charge in [0.2, 0.25) is 5.13 Å². The van der Waals surface area contributed by atoms with Crippen molar-refractivity contribution in [2.45, 2.75) is 28.3 Å². The van der Waals surface area contributed by atoms with E-state index in [1.807, 2.05) is 11.4 Å². The predicted octanol–water partition coefficient (Wildman–Crippen LogP) is 3.28. The van der Waals surface area contributed by atoms with E-state index in [4.69, 9.17) is 4.74 Å². The molecular formula is C13H13N5OS3. The van der Waals surface area contributed by atoms with Gasteiger partial charge < -0.3 is 10.1 Å². The maximum Gasteiger partial charge on any atom is 0.206 e. The third-order valence-electron chi connectivity index (χ3n) is 3.31. The zero-order valence-electron chi connectivity index (χ0n) is 11.6. The van der Waals surface area contributed by atoms with Gasteiger partial charge in [-0.1, -0.05) is 11.3 Å². The lowest BCUT2D eigenvalue weighted by Crippen LogP contribution is -2.18. The van der Waals surface area contributed by atoms with E-state index >= 15 is 0 Å². The number of nitrogens with one attached hydrogen (secondary N) is 1. The van der Waals surface area contributed by atoms with Crippen LogP contribution >= 0.6 is 34.4 Å². The molecule has 1 aliphatic heterocycles. The topological polar surface area (TPSA) is 72.8 Å². The molecule has 1 atom stereocenters. The first kappa shape index (κ1) is 14.3. The molecule has 6 nitrogen and oxygen atoms in total. The molecule has 1 aliphatic rings. The monoisotopic (exact) mass is 351 g/mol. The van der Waals surface area contributed by atoms with Gasteiger partial charge >= 0.3 is 0 Å². The Morgan fingerprint density at radius 3 is 3.27 bits per heavy atom. The van der Waals surface area contributed by atoms with E-state index in [-0.39, 0.29) is 0 Å². The molecule has 1 saturated heterocycles. The summed E-state index contributed by atoms with van der Waals surface area (Å²) in [4.78, 5) is 8.60. The van der Waals surface area contributed by atoms with Crippen LogP contribution in [0, 0.1) is 0 Å². The summed E-state index contributed by atoms with van der Waals surface area (Å²) < 4.78 is 7.56. The molecule has 3 aromatic rings. The maximum absolute atomic E-state index is 5.59. The first-order chi connectivity index (χ1) is 10.9. The highest BCUT2D eigenvalue weighted by Gasteiger charge is 2.16. The fourth-order valence-electron chi connectivity index (χ4n) is 2.25. The molecule has 114 valence electrons. The fraction of sp³-hybridized carbons (Fsp3) is 0.385. The zero-order chi connectivity index (χ0) is 14.8. The van der Waals surface area contributed by atoms with Crippen molar-refractivity contribution in [3.05, 3.63) is 17.8 Å². The molecule has 0 saturated carbocycles. The van der Waals surface area contributed by atoms with Crippen molar-refractivity contribution >= 4 is 49.8 Å². The molecule has 4 rings (SSSR count). The number of hydrogen-bond donors (Lipinski definition) is 1. The summed E-state index contributed by atoms with van der Waals surface area (Å²) in [5, 5.41) is 15.5. The second kappa shape index (κ2) is 6.45. The van der Waals surface area contributed by atoms with Crippen LogP contribution in [0.5, 0.6) is 0 Å². The first-order valence-corrected chi connectivity index (χ1v) is 9.45. The largest absolute Gasteiger partial charge is 0.376 e. The van der Waals surface area contributed by atoms with E-state index in [9.17, 15) is 0 Å². The van der Waals surface area contributed by atoms with Crippen molar-refractivity contribution < 1.29 is 4.74 Å². The summed E-state index contributed by atoms with van der Waals surface area (Å²) in [6.45, 7) is 1.66. The molecule has 0 bridgehead atoms. The summed E-state index contributed by atoms with van der Waals surface area (Å²) in [6, 6.07) is 2.00. The fourth-order valence-corrected chi connectivity index (χ4v) is 4.92. The van der Waals surface area contributed by atoms with Gasteiger partial charge in [-0.2, -0.15) is 0 Å². The van der Waals surface area contributed by atoms with Gasteiger partial charge in [0, 0.05) is 13.2 Å². The van der Waals surface area contributed by atoms with Gasteiger partial charge in [0.1, 0.15) is 11.4 Å². The van der Waals surface area contributed by atoms with Gasteiger partial charge in [0.05, 0.1) is 16.3 Å². The average Bonchev–Trinajstić information content (AvgIpc) is 3.27. The third kappa shape index (κ3) is 3.07. The van der Waals surface area contributed by atoms with E-state index in [1.54, 1.807) is 29.0 Å². The highest BCUT2D eigenvalue weighted by molar-refractivity contribution is 8.01. The first-order valence-electron chi connectivity index (χ1n) is 6.93. The van der Waals surface area contributed by atoms with Crippen molar-refractivity contribution in [3.63, 3.8) is 0 Å². The highest BCUT2D eigenvalue weighted by atomic mass is 32.2. The van der Waals surface area contributed by atoms with Crippen LogP contribution in [0.15, 0.2) is 27.1 Å². The van der Waals surface area contributed by atoms with Crippen molar-refractivity contribution in [1.29, 1.82) is 0 Å². The minimum atomic E-state index is 0.299. The molecule has 3 aromatic heterocycles. The van der Waals surface area contributed by atoms with Gasteiger partial charge in [0.15, 0.2) is 4.34 Å². The second-order valence-electron chi connectivity index (χ2n) is 4.80. The molecule has 9 heteroatoms. The Bertz CT molecular complexity index is 768. The van der Waals surface area contributed by atoms with Crippen molar-refractivity contribution in [2.24, 2.45) is 0 Å². The van der Waals surface area contributed by atoms with Crippen LogP contribution in [0.3, 0.4) is 0 Å². The van der Waals surface area contributed by atoms with Crippen molar-refractivity contribution in [3.8, 4) is 0 Å². The number of thiophene rings is 1. The lowest BCUT2D eigenvalue weighted by atomic mass is 10.2. The molecule has 0 aliphatic carbocycles. The summed E-state index contributed by atoms with van der Waals surface area (Å²) in [7, 11) is 0. The van der Waals surface area contributed by atoms with E-state index < -0.39 is 0 Å². The lowest BCUT2D eigenvalue weighted by molar-refractivity contribution is 0.120. The zero-order valence-corrected chi connectivity index (χ0v) is 14.0. The van der Waals surface area contributed by atoms with Gasteiger partial charge in [0.25, 0.3) is 0 Å². The van der Waals surface area contributed by atoms with Crippen LogP contribution in [0.2, 0.25) is 0 Å². The van der Waals surface area contributed by atoms with Gasteiger partial charge in [-0.05, 0) is 36.0 Å². The number of anilines is 1. The molecule has 0 radical (unpaired) electrons. The van der Waals surface area contributed by atoms with Gasteiger partial charge in [-0.15, -0.1) is 21.5 Å². The molecule has 1 fully saturated rings. The normalized spacial score (nSPS) is 18.1. The molecule has 1 unspecified atom stereocenters. The SMILES string of the molecule is c1nc(Sc2nnc(NCC3CCCO3)s2)c2sccc2n1. The standard InChI is InChI=1S/C13H13N5OS3/c1-2-8(19-4-1)6-14-12-17-18-13(22-12)21-11-10-9(3-5-20-10)15-7-16-11/h3,5,7-8H,1-2,4,6H2,(H,14,17). The molecule has 4 heterocycles. The Balaban J connectivity index is 1.44. The molecule has 22 heavy (non-hydrogen) atoms. The molecule has 1 N–H and O–H groups in total. The molecule has 0 amide bonds. The Morgan fingerprint density at radius 2 is 2.36 bits per heavy atom. The summed E-state index contributed by atoms with van der Waals surface area (Å²) in [6.07, 6.45) is 4.15. The Kier molecular flexibility index (Phi) is 4.20. The van der Waals surface area contributed by atoms with E-state index in [1.165, 1.54) is 11.8 Å². The third-order valence-corrected chi connectivity index (χ3v) is 6.28. The molecule has 0 aromatic carbocycles. The van der Waals surface area contributed by atoms with Crippen LogP contribution in [-0.4, -0.2) is 39.4 Å². The van der Waals surface area contributed by atoms with Crippen LogP contribution in [0.25, 0.3) is 10.2 Å². The van der Waals surface area contributed by atoms with E-state index in [2.05, 4.69) is 25.5 Å². The number of hydrogen-bond acceptors (Lipinski definition) is 9. The van der Waals surface area contributed by atoms with Gasteiger partial charge in [-0.3, -0.25) is 0 Å². The number of aromatic nitrogens is 4. The van der Waals surface area contributed by atoms with Crippen molar-refractivity contribution in [1.82, 2.24) is 20.2 Å². The summed E-state index contributed by atoms with van der Waals surface area (Å²) in [5.41, 5.74) is 0.976. The number of ether oxygens (including phenoxy) is 1. The number of fused-ring (bicyclic) bond motifs is 1. The molecule has 0 spiro atoms. The van der Waals surface area contributed by atoms with E-state index in [0.29, 0.717) is 6.10 Å². The highest BCUT2D eigenvalue weighted by Crippen LogP contribution is 2.36. The maximum atomic E-state index is 5.59. The van der Waals surface area contributed by atoms with Crippen LogP contribution in [-0.2, 0) is 4.74 Å². The summed E-state index contributed by atoms with van der Waals surface area (Å²) >= 11 is 4.72. The second-order valence-corrected chi connectivity index (χ2v) is 7.93. The quantitative estimate of drug-likeness (QED) is 0.707. The smallest absolute Gasteiger partial charge is 0.206 e. The van der Waals surface area contributed by atoms with Crippen LogP contribution in [0.1, 0.15) is 12.8 Å². The lowest BCUT2D eigenvalue weighted by Gasteiger charge is -2.08.